The Hall–Kier alpha value is -3.67. The second-order valence-electron chi connectivity index (χ2n) is 10.9. The standard InChI is InChI=1S/C31H37N3O3/c1-7-8-12-17-30(2,3)23-19-24(31(4,5)22-13-10-9-11-14-22)28(35)27(20-23)34-32-25-16-15-21(29(36)37-6)18-26(25)33-34/h9-11,13-16,18-20,35H,7-8,12,17H2,1-6H3. The van der Waals surface area contributed by atoms with Crippen LogP contribution in [0.4, 0.5) is 0 Å². The quantitative estimate of drug-likeness (QED) is 0.196. The number of rotatable bonds is 9. The van der Waals surface area contributed by atoms with Crippen LogP contribution in [0.2, 0.25) is 0 Å². The first-order valence-electron chi connectivity index (χ1n) is 13.0. The molecule has 4 aromatic rings. The fraction of sp³-hybridized carbons (Fsp3) is 0.387. The SMILES string of the molecule is CCCCCC(C)(C)c1cc(-n2nc3ccc(C(=O)OC)cc3n2)c(O)c(C(C)(C)c2ccccc2)c1. The van der Waals surface area contributed by atoms with Gasteiger partial charge in [-0.1, -0.05) is 90.3 Å². The van der Waals surface area contributed by atoms with Crippen molar-refractivity contribution in [1.82, 2.24) is 15.0 Å². The Labute approximate surface area is 219 Å². The molecule has 6 heteroatoms. The highest BCUT2D eigenvalue weighted by Crippen LogP contribution is 2.43. The molecule has 0 aliphatic heterocycles. The zero-order valence-corrected chi connectivity index (χ0v) is 22.7. The Morgan fingerprint density at radius 1 is 0.919 bits per heavy atom. The molecule has 0 aliphatic carbocycles. The molecule has 0 amide bonds. The Balaban J connectivity index is 1.90. The van der Waals surface area contributed by atoms with Crippen LogP contribution in [0.3, 0.4) is 0 Å². The van der Waals surface area contributed by atoms with Gasteiger partial charge >= 0.3 is 5.97 Å². The summed E-state index contributed by atoms with van der Waals surface area (Å²) in [7, 11) is 1.35. The van der Waals surface area contributed by atoms with Crippen LogP contribution < -0.4 is 0 Å². The van der Waals surface area contributed by atoms with Gasteiger partial charge in [0.05, 0.1) is 12.7 Å². The predicted octanol–water partition coefficient (Wildman–Crippen LogP) is 7.10. The normalized spacial score (nSPS) is 12.2. The Kier molecular flexibility index (Phi) is 7.39. The van der Waals surface area contributed by atoms with Gasteiger partial charge in [-0.2, -0.15) is 0 Å². The number of unbranched alkanes of at least 4 members (excludes halogenated alkanes) is 2. The summed E-state index contributed by atoms with van der Waals surface area (Å²) in [4.78, 5) is 13.5. The summed E-state index contributed by atoms with van der Waals surface area (Å²) in [6.07, 6.45) is 4.52. The number of ether oxygens (including phenoxy) is 1. The molecule has 0 atom stereocenters. The number of nitrogens with zero attached hydrogens (tertiary/aromatic N) is 3. The lowest BCUT2D eigenvalue weighted by Crippen LogP contribution is -2.23. The molecular formula is C31H37N3O3. The molecule has 3 aromatic carbocycles. The van der Waals surface area contributed by atoms with Crippen molar-refractivity contribution in [1.29, 1.82) is 0 Å². The number of methoxy groups -OCH3 is 1. The number of phenols is 1. The Bertz CT molecular complexity index is 1400. The molecule has 0 aliphatic rings. The van der Waals surface area contributed by atoms with Crippen LogP contribution in [0, 0.1) is 0 Å². The summed E-state index contributed by atoms with van der Waals surface area (Å²) in [5, 5.41) is 21.0. The van der Waals surface area contributed by atoms with Gasteiger partial charge in [0, 0.05) is 11.0 Å². The van der Waals surface area contributed by atoms with Crippen molar-refractivity contribution >= 4 is 17.0 Å². The van der Waals surface area contributed by atoms with E-state index in [2.05, 4.69) is 63.0 Å². The largest absolute Gasteiger partial charge is 0.505 e. The van der Waals surface area contributed by atoms with Crippen LogP contribution >= 0.6 is 0 Å². The molecule has 1 heterocycles. The van der Waals surface area contributed by atoms with Crippen molar-refractivity contribution in [3.63, 3.8) is 0 Å². The Morgan fingerprint density at radius 3 is 2.30 bits per heavy atom. The first-order chi connectivity index (χ1) is 17.6. The summed E-state index contributed by atoms with van der Waals surface area (Å²) in [5.41, 5.74) is 4.61. The van der Waals surface area contributed by atoms with E-state index >= 15 is 0 Å². The number of aromatic hydroxyl groups is 1. The first kappa shape index (κ1) is 26.4. The molecule has 194 valence electrons. The number of hydrogen-bond acceptors (Lipinski definition) is 5. The van der Waals surface area contributed by atoms with Crippen LogP contribution in [-0.4, -0.2) is 33.2 Å². The maximum Gasteiger partial charge on any atom is 0.337 e. The third-order valence-corrected chi connectivity index (χ3v) is 7.46. The van der Waals surface area contributed by atoms with Gasteiger partial charge in [-0.15, -0.1) is 15.0 Å². The van der Waals surface area contributed by atoms with Gasteiger partial charge in [-0.05, 0) is 47.2 Å². The van der Waals surface area contributed by atoms with E-state index < -0.39 is 11.4 Å². The van der Waals surface area contributed by atoms with Crippen molar-refractivity contribution in [2.24, 2.45) is 0 Å². The minimum absolute atomic E-state index is 0.107. The molecule has 0 saturated carbocycles. The zero-order valence-electron chi connectivity index (χ0n) is 22.7. The topological polar surface area (TPSA) is 77.2 Å². The second-order valence-corrected chi connectivity index (χ2v) is 10.9. The highest BCUT2D eigenvalue weighted by molar-refractivity contribution is 5.93. The summed E-state index contributed by atoms with van der Waals surface area (Å²) in [6, 6.07) is 19.5. The molecule has 0 spiro atoms. The molecule has 1 N–H and O–H groups in total. The van der Waals surface area contributed by atoms with Crippen molar-refractivity contribution in [3.8, 4) is 11.4 Å². The lowest BCUT2D eigenvalue weighted by molar-refractivity contribution is 0.0601. The molecule has 1 aromatic heterocycles. The van der Waals surface area contributed by atoms with E-state index in [4.69, 9.17) is 4.74 Å². The maximum absolute atomic E-state index is 12.0. The molecule has 0 radical (unpaired) electrons. The lowest BCUT2D eigenvalue weighted by atomic mass is 9.73. The van der Waals surface area contributed by atoms with Crippen LogP contribution in [0.25, 0.3) is 16.7 Å². The van der Waals surface area contributed by atoms with Crippen molar-refractivity contribution in [3.05, 3.63) is 82.9 Å². The molecule has 0 bridgehead atoms. The molecular weight excluding hydrogens is 462 g/mol. The average Bonchev–Trinajstić information content (AvgIpc) is 3.32. The van der Waals surface area contributed by atoms with Gasteiger partial charge < -0.3 is 9.84 Å². The fourth-order valence-corrected chi connectivity index (χ4v) is 4.88. The van der Waals surface area contributed by atoms with E-state index in [0.29, 0.717) is 22.3 Å². The smallest absolute Gasteiger partial charge is 0.337 e. The highest BCUT2D eigenvalue weighted by Gasteiger charge is 2.32. The van der Waals surface area contributed by atoms with Crippen molar-refractivity contribution < 1.29 is 14.6 Å². The fourth-order valence-electron chi connectivity index (χ4n) is 4.88. The van der Waals surface area contributed by atoms with Crippen molar-refractivity contribution in [2.75, 3.05) is 7.11 Å². The monoisotopic (exact) mass is 499 g/mol. The van der Waals surface area contributed by atoms with E-state index in [9.17, 15) is 9.90 Å². The number of carbonyl (C=O) groups is 1. The predicted molar refractivity (Wildman–Crippen MR) is 148 cm³/mol. The second kappa shape index (κ2) is 10.4. The summed E-state index contributed by atoms with van der Waals surface area (Å²) in [5.74, 6) is -0.280. The molecule has 6 nitrogen and oxygen atoms in total. The maximum atomic E-state index is 12.0. The van der Waals surface area contributed by atoms with Crippen LogP contribution in [0.15, 0.2) is 60.7 Å². The minimum atomic E-state index is -0.458. The van der Waals surface area contributed by atoms with Crippen LogP contribution in [0.5, 0.6) is 5.75 Å². The first-order valence-corrected chi connectivity index (χ1v) is 13.0. The average molecular weight is 500 g/mol. The van der Waals surface area contributed by atoms with E-state index in [1.165, 1.54) is 24.7 Å². The minimum Gasteiger partial charge on any atom is -0.505 e. The molecule has 4 rings (SSSR count). The third kappa shape index (κ3) is 5.24. The number of esters is 1. The Morgan fingerprint density at radius 2 is 1.62 bits per heavy atom. The zero-order chi connectivity index (χ0) is 26.8. The molecule has 0 saturated heterocycles. The van der Waals surface area contributed by atoms with Crippen LogP contribution in [0.1, 0.15) is 87.4 Å². The number of hydrogen-bond donors (Lipinski definition) is 1. The summed E-state index contributed by atoms with van der Waals surface area (Å²) in [6.45, 7) is 11.0. The van der Waals surface area contributed by atoms with Crippen molar-refractivity contribution in [2.45, 2.75) is 71.1 Å². The number of benzene rings is 3. The number of carbonyl (C=O) groups excluding carboxylic acids is 1. The summed E-state index contributed by atoms with van der Waals surface area (Å²) >= 11 is 0. The van der Waals surface area contributed by atoms with E-state index in [-0.39, 0.29) is 11.2 Å². The van der Waals surface area contributed by atoms with Gasteiger partial charge in [-0.3, -0.25) is 0 Å². The van der Waals surface area contributed by atoms with Gasteiger partial charge in [-0.25, -0.2) is 4.79 Å². The summed E-state index contributed by atoms with van der Waals surface area (Å²) < 4.78 is 4.85. The molecule has 0 unspecified atom stereocenters. The van der Waals surface area contributed by atoms with Gasteiger partial charge in [0.15, 0.2) is 0 Å². The van der Waals surface area contributed by atoms with E-state index in [1.54, 1.807) is 18.2 Å². The number of fused-ring (bicyclic) bond motifs is 1. The lowest BCUT2D eigenvalue weighted by Gasteiger charge is -2.32. The number of phenolic OH excluding ortho intramolecular Hbond substituents is 1. The number of aromatic nitrogens is 3. The molecule has 37 heavy (non-hydrogen) atoms. The van der Waals surface area contributed by atoms with Crippen LogP contribution in [-0.2, 0) is 15.6 Å². The van der Waals surface area contributed by atoms with E-state index in [1.807, 2.05) is 24.3 Å². The molecule has 0 fully saturated rings. The van der Waals surface area contributed by atoms with Gasteiger partial charge in [0.25, 0.3) is 0 Å². The highest BCUT2D eigenvalue weighted by atomic mass is 16.5. The third-order valence-electron chi connectivity index (χ3n) is 7.46. The van der Waals surface area contributed by atoms with Gasteiger partial charge in [0.1, 0.15) is 22.5 Å². The van der Waals surface area contributed by atoms with E-state index in [0.717, 1.165) is 29.5 Å². The van der Waals surface area contributed by atoms with Gasteiger partial charge in [0.2, 0.25) is 0 Å².